The van der Waals surface area contributed by atoms with Gasteiger partial charge in [0.05, 0.1) is 5.69 Å². The normalized spacial score (nSPS) is 12.2. The standard InChI is InChI=1S/C16H25BrN2/c1-5-10-18-13(4)14-8-9-16(15(17)12-14)19(7-3)11-6-2/h6,8-9,12-13,18H,2,5,7,10-11H2,1,3-4H3. The fraction of sp³-hybridized carbons (Fsp3) is 0.500. The number of nitrogens with zero attached hydrogens (tertiary/aromatic N) is 1. The number of hydrogen-bond acceptors (Lipinski definition) is 2. The minimum Gasteiger partial charge on any atom is -0.367 e. The van der Waals surface area contributed by atoms with E-state index in [0.717, 1.165) is 30.5 Å². The quantitative estimate of drug-likeness (QED) is 0.707. The van der Waals surface area contributed by atoms with Crippen molar-refractivity contribution in [1.29, 1.82) is 0 Å². The van der Waals surface area contributed by atoms with Gasteiger partial charge in [-0.3, -0.25) is 0 Å². The van der Waals surface area contributed by atoms with Crippen LogP contribution in [0.3, 0.4) is 0 Å². The first-order valence-corrected chi connectivity index (χ1v) is 7.82. The Balaban J connectivity index is 2.86. The summed E-state index contributed by atoms with van der Waals surface area (Å²) in [6.45, 7) is 13.3. The molecule has 0 aliphatic rings. The molecule has 0 fully saturated rings. The molecule has 2 nitrogen and oxygen atoms in total. The summed E-state index contributed by atoms with van der Waals surface area (Å²) in [7, 11) is 0. The third kappa shape index (κ3) is 4.66. The monoisotopic (exact) mass is 324 g/mol. The second-order valence-corrected chi connectivity index (χ2v) is 5.57. The third-order valence-corrected chi connectivity index (χ3v) is 3.88. The molecule has 106 valence electrons. The molecule has 1 aromatic carbocycles. The van der Waals surface area contributed by atoms with Crippen molar-refractivity contribution >= 4 is 21.6 Å². The van der Waals surface area contributed by atoms with Gasteiger partial charge in [-0.05, 0) is 60.4 Å². The van der Waals surface area contributed by atoms with E-state index in [2.05, 4.69) is 71.7 Å². The molecular formula is C16H25BrN2. The lowest BCUT2D eigenvalue weighted by atomic mass is 10.1. The molecule has 0 bridgehead atoms. The van der Waals surface area contributed by atoms with Gasteiger partial charge in [0.2, 0.25) is 0 Å². The van der Waals surface area contributed by atoms with Crippen molar-refractivity contribution in [3.05, 3.63) is 40.9 Å². The summed E-state index contributed by atoms with van der Waals surface area (Å²) >= 11 is 3.69. The zero-order chi connectivity index (χ0) is 14.3. The largest absolute Gasteiger partial charge is 0.367 e. The summed E-state index contributed by atoms with van der Waals surface area (Å²) in [6, 6.07) is 7.00. The first-order chi connectivity index (χ1) is 9.13. The third-order valence-electron chi connectivity index (χ3n) is 3.24. The van der Waals surface area contributed by atoms with E-state index in [4.69, 9.17) is 0 Å². The van der Waals surface area contributed by atoms with Crippen LogP contribution in [0.4, 0.5) is 5.69 Å². The highest BCUT2D eigenvalue weighted by Crippen LogP contribution is 2.29. The predicted octanol–water partition coefficient (Wildman–Crippen LogP) is 4.52. The van der Waals surface area contributed by atoms with Gasteiger partial charge in [0.15, 0.2) is 0 Å². The Hall–Kier alpha value is -0.800. The molecule has 0 aliphatic heterocycles. The smallest absolute Gasteiger partial charge is 0.0513 e. The topological polar surface area (TPSA) is 15.3 Å². The van der Waals surface area contributed by atoms with E-state index in [-0.39, 0.29) is 0 Å². The Morgan fingerprint density at radius 2 is 2.16 bits per heavy atom. The maximum atomic E-state index is 3.82. The van der Waals surface area contributed by atoms with Gasteiger partial charge in [0.1, 0.15) is 0 Å². The van der Waals surface area contributed by atoms with Crippen LogP contribution in [0.5, 0.6) is 0 Å². The van der Waals surface area contributed by atoms with E-state index >= 15 is 0 Å². The number of likely N-dealkylation sites (N-methyl/N-ethyl adjacent to an activating group) is 1. The van der Waals surface area contributed by atoms with Crippen LogP contribution in [-0.4, -0.2) is 19.6 Å². The number of rotatable bonds is 8. The molecule has 1 unspecified atom stereocenters. The summed E-state index contributed by atoms with van der Waals surface area (Å²) < 4.78 is 1.15. The molecule has 1 N–H and O–H groups in total. The molecule has 1 aromatic rings. The molecule has 1 rings (SSSR count). The number of anilines is 1. The second-order valence-electron chi connectivity index (χ2n) is 4.71. The molecule has 0 aliphatic carbocycles. The number of halogens is 1. The Morgan fingerprint density at radius 1 is 1.42 bits per heavy atom. The highest BCUT2D eigenvalue weighted by molar-refractivity contribution is 9.10. The average Bonchev–Trinajstić information content (AvgIpc) is 2.42. The lowest BCUT2D eigenvalue weighted by molar-refractivity contribution is 0.570. The Labute approximate surface area is 126 Å². The minimum absolute atomic E-state index is 0.389. The fourth-order valence-electron chi connectivity index (χ4n) is 2.08. The lowest BCUT2D eigenvalue weighted by Crippen LogP contribution is -2.23. The van der Waals surface area contributed by atoms with Crippen LogP contribution < -0.4 is 10.2 Å². The van der Waals surface area contributed by atoms with Crippen LogP contribution in [0.2, 0.25) is 0 Å². The van der Waals surface area contributed by atoms with Gasteiger partial charge in [-0.2, -0.15) is 0 Å². The SMILES string of the molecule is C=CCN(CC)c1ccc(C(C)NCCC)cc1Br. The Morgan fingerprint density at radius 3 is 2.68 bits per heavy atom. The molecule has 0 aromatic heterocycles. The van der Waals surface area contributed by atoms with E-state index in [1.807, 2.05) is 6.08 Å². The minimum atomic E-state index is 0.389. The second kappa shape index (κ2) is 8.39. The number of benzene rings is 1. The summed E-state index contributed by atoms with van der Waals surface area (Å²) in [5.74, 6) is 0. The summed E-state index contributed by atoms with van der Waals surface area (Å²) in [4.78, 5) is 2.30. The zero-order valence-corrected chi connectivity index (χ0v) is 13.8. The molecule has 1 atom stereocenters. The molecule has 3 heteroatoms. The van der Waals surface area contributed by atoms with Crippen LogP contribution in [0.25, 0.3) is 0 Å². The van der Waals surface area contributed by atoms with Gasteiger partial charge in [0, 0.05) is 23.6 Å². The van der Waals surface area contributed by atoms with Gasteiger partial charge in [-0.15, -0.1) is 6.58 Å². The van der Waals surface area contributed by atoms with Gasteiger partial charge >= 0.3 is 0 Å². The molecule has 0 saturated heterocycles. The number of hydrogen-bond donors (Lipinski definition) is 1. The highest BCUT2D eigenvalue weighted by Gasteiger charge is 2.10. The number of nitrogens with one attached hydrogen (secondary N) is 1. The van der Waals surface area contributed by atoms with E-state index in [1.54, 1.807) is 0 Å². The Kier molecular flexibility index (Phi) is 7.17. The van der Waals surface area contributed by atoms with Crippen molar-refractivity contribution < 1.29 is 0 Å². The van der Waals surface area contributed by atoms with E-state index in [0.29, 0.717) is 6.04 Å². The van der Waals surface area contributed by atoms with Crippen LogP contribution >= 0.6 is 15.9 Å². The molecule has 0 heterocycles. The van der Waals surface area contributed by atoms with Crippen molar-refractivity contribution in [2.24, 2.45) is 0 Å². The van der Waals surface area contributed by atoms with Gasteiger partial charge < -0.3 is 10.2 Å². The lowest BCUT2D eigenvalue weighted by Gasteiger charge is -2.24. The first-order valence-electron chi connectivity index (χ1n) is 7.02. The van der Waals surface area contributed by atoms with Crippen molar-refractivity contribution in [3.8, 4) is 0 Å². The van der Waals surface area contributed by atoms with E-state index in [9.17, 15) is 0 Å². The molecular weight excluding hydrogens is 300 g/mol. The molecule has 0 saturated carbocycles. The summed E-state index contributed by atoms with van der Waals surface area (Å²) in [5, 5.41) is 3.51. The van der Waals surface area contributed by atoms with Crippen molar-refractivity contribution in [2.45, 2.75) is 33.2 Å². The van der Waals surface area contributed by atoms with E-state index < -0.39 is 0 Å². The molecule has 0 radical (unpaired) electrons. The van der Waals surface area contributed by atoms with Crippen LogP contribution in [-0.2, 0) is 0 Å². The predicted molar refractivity (Wildman–Crippen MR) is 88.9 cm³/mol. The van der Waals surface area contributed by atoms with E-state index in [1.165, 1.54) is 11.3 Å². The molecule has 19 heavy (non-hydrogen) atoms. The molecule has 0 amide bonds. The average molecular weight is 325 g/mol. The molecule has 0 spiro atoms. The summed E-state index contributed by atoms with van der Waals surface area (Å²) in [5.41, 5.74) is 2.55. The first kappa shape index (κ1) is 16.3. The van der Waals surface area contributed by atoms with Gasteiger partial charge in [-0.1, -0.05) is 19.1 Å². The van der Waals surface area contributed by atoms with Gasteiger partial charge in [0.25, 0.3) is 0 Å². The zero-order valence-electron chi connectivity index (χ0n) is 12.2. The maximum Gasteiger partial charge on any atom is 0.0513 e. The van der Waals surface area contributed by atoms with Crippen molar-refractivity contribution in [1.82, 2.24) is 5.32 Å². The van der Waals surface area contributed by atoms with Crippen LogP contribution in [0, 0.1) is 0 Å². The Bertz CT molecular complexity index is 404. The fourth-order valence-corrected chi connectivity index (χ4v) is 2.73. The highest BCUT2D eigenvalue weighted by atomic mass is 79.9. The maximum absolute atomic E-state index is 3.82. The van der Waals surface area contributed by atoms with Crippen LogP contribution in [0.15, 0.2) is 35.3 Å². The summed E-state index contributed by atoms with van der Waals surface area (Å²) in [6.07, 6.45) is 3.10. The van der Waals surface area contributed by atoms with Gasteiger partial charge in [-0.25, -0.2) is 0 Å². The van der Waals surface area contributed by atoms with Crippen molar-refractivity contribution in [2.75, 3.05) is 24.5 Å². The van der Waals surface area contributed by atoms with Crippen LogP contribution in [0.1, 0.15) is 38.8 Å². The van der Waals surface area contributed by atoms with Crippen molar-refractivity contribution in [3.63, 3.8) is 0 Å².